The van der Waals surface area contributed by atoms with Crippen molar-refractivity contribution < 1.29 is 27.1 Å². The van der Waals surface area contributed by atoms with Crippen LogP contribution >= 0.6 is 0 Å². The molecule has 1 amide bonds. The van der Waals surface area contributed by atoms with Crippen LogP contribution in [0.15, 0.2) is 53.4 Å². The number of carbonyl (C=O) groups is 1. The largest absolute Gasteiger partial charge is 0.485 e. The first-order chi connectivity index (χ1) is 12.0. The van der Waals surface area contributed by atoms with E-state index < -0.39 is 27.7 Å². The van der Waals surface area contributed by atoms with E-state index in [-0.39, 0.29) is 23.8 Å². The van der Waals surface area contributed by atoms with Crippen LogP contribution in [0.4, 0.5) is 4.39 Å². The number of benzene rings is 2. The van der Waals surface area contributed by atoms with E-state index in [0.29, 0.717) is 11.5 Å². The van der Waals surface area contributed by atoms with Crippen molar-refractivity contribution in [2.75, 3.05) is 18.9 Å². The van der Waals surface area contributed by atoms with E-state index in [1.807, 2.05) is 0 Å². The van der Waals surface area contributed by atoms with Gasteiger partial charge in [-0.1, -0.05) is 12.1 Å². The average molecular weight is 365 g/mol. The van der Waals surface area contributed by atoms with Crippen molar-refractivity contribution in [2.45, 2.75) is 11.0 Å². The van der Waals surface area contributed by atoms with Crippen LogP contribution in [0.1, 0.15) is 0 Å². The van der Waals surface area contributed by atoms with Crippen LogP contribution in [0, 0.1) is 5.82 Å². The second-order valence-corrected chi connectivity index (χ2v) is 7.54. The molecule has 0 saturated heterocycles. The summed E-state index contributed by atoms with van der Waals surface area (Å²) in [6.07, 6.45) is -0.844. The van der Waals surface area contributed by atoms with E-state index in [9.17, 15) is 17.6 Å². The molecule has 2 aromatic carbocycles. The van der Waals surface area contributed by atoms with Crippen molar-refractivity contribution in [2.24, 2.45) is 0 Å². The Hall–Kier alpha value is -2.61. The molecule has 6 nitrogen and oxygen atoms in total. The van der Waals surface area contributed by atoms with Crippen molar-refractivity contribution in [1.29, 1.82) is 0 Å². The lowest BCUT2D eigenvalue weighted by Crippen LogP contribution is -2.45. The first-order valence-electron chi connectivity index (χ1n) is 7.60. The Bertz CT molecular complexity index is 867. The van der Waals surface area contributed by atoms with E-state index >= 15 is 0 Å². The van der Waals surface area contributed by atoms with Gasteiger partial charge in [0.1, 0.15) is 12.4 Å². The number of nitrogens with one attached hydrogen (secondary N) is 1. The molecule has 1 heterocycles. The molecule has 1 N–H and O–H groups in total. The van der Waals surface area contributed by atoms with Gasteiger partial charge in [-0.3, -0.25) is 4.79 Å². The Kier molecular flexibility index (Phi) is 4.89. The van der Waals surface area contributed by atoms with Crippen molar-refractivity contribution >= 4 is 15.7 Å². The van der Waals surface area contributed by atoms with E-state index in [4.69, 9.17) is 9.47 Å². The fourth-order valence-corrected chi connectivity index (χ4v) is 3.49. The molecule has 25 heavy (non-hydrogen) atoms. The number of halogens is 1. The summed E-state index contributed by atoms with van der Waals surface area (Å²) in [6, 6.07) is 11.5. The second kappa shape index (κ2) is 7.10. The molecule has 1 unspecified atom stereocenters. The Morgan fingerprint density at radius 2 is 1.80 bits per heavy atom. The van der Waals surface area contributed by atoms with Gasteiger partial charge in [-0.05, 0) is 36.4 Å². The second-order valence-electron chi connectivity index (χ2n) is 5.43. The zero-order chi connectivity index (χ0) is 17.9. The fourth-order valence-electron chi connectivity index (χ4n) is 2.33. The third-order valence-corrected chi connectivity index (χ3v) is 5.38. The summed E-state index contributed by atoms with van der Waals surface area (Å²) < 4.78 is 48.1. The Labute approximate surface area is 144 Å². The number of carbonyl (C=O) groups excluding carboxylic acids is 1. The molecule has 0 bridgehead atoms. The summed E-state index contributed by atoms with van der Waals surface area (Å²) >= 11 is 0. The highest BCUT2D eigenvalue weighted by Gasteiger charge is 2.27. The van der Waals surface area contributed by atoms with E-state index in [0.717, 1.165) is 12.1 Å². The zero-order valence-electron chi connectivity index (χ0n) is 13.1. The molecule has 132 valence electrons. The molecule has 3 rings (SSSR count). The normalized spacial score (nSPS) is 16.3. The Morgan fingerprint density at radius 1 is 1.12 bits per heavy atom. The van der Waals surface area contributed by atoms with E-state index in [1.54, 1.807) is 24.3 Å². The summed E-state index contributed by atoms with van der Waals surface area (Å²) in [6.45, 7) is -0.0341. The molecule has 0 radical (unpaired) electrons. The minimum absolute atomic E-state index is 0.00864. The van der Waals surface area contributed by atoms with E-state index in [2.05, 4.69) is 5.32 Å². The molecule has 0 saturated carbocycles. The van der Waals surface area contributed by atoms with Gasteiger partial charge >= 0.3 is 0 Å². The summed E-state index contributed by atoms with van der Waals surface area (Å²) in [4.78, 5) is 12.1. The summed E-state index contributed by atoms with van der Waals surface area (Å²) in [7, 11) is -3.61. The maximum atomic E-state index is 12.9. The van der Waals surface area contributed by atoms with Gasteiger partial charge in [0.15, 0.2) is 21.3 Å². The highest BCUT2D eigenvalue weighted by Crippen LogP contribution is 2.30. The third-order valence-electron chi connectivity index (χ3n) is 3.64. The zero-order valence-corrected chi connectivity index (χ0v) is 14.0. The predicted molar refractivity (Wildman–Crippen MR) is 87.8 cm³/mol. The van der Waals surface area contributed by atoms with Crippen molar-refractivity contribution in [3.05, 3.63) is 54.3 Å². The number of rotatable bonds is 5. The van der Waals surface area contributed by atoms with Crippen LogP contribution in [0.3, 0.4) is 0 Å². The van der Waals surface area contributed by atoms with Crippen LogP contribution in [0.25, 0.3) is 0 Å². The van der Waals surface area contributed by atoms with E-state index in [1.165, 1.54) is 12.1 Å². The highest BCUT2D eigenvalue weighted by atomic mass is 32.2. The minimum Gasteiger partial charge on any atom is -0.485 e. The monoisotopic (exact) mass is 365 g/mol. The molecule has 0 aliphatic carbocycles. The molecule has 0 fully saturated rings. The average Bonchev–Trinajstić information content (AvgIpc) is 2.61. The molecular weight excluding hydrogens is 349 g/mol. The lowest BCUT2D eigenvalue weighted by atomic mass is 10.2. The number of hydrogen-bond donors (Lipinski definition) is 1. The van der Waals surface area contributed by atoms with Crippen LogP contribution in [-0.4, -0.2) is 39.3 Å². The standard InChI is InChI=1S/C17H16FNO5S/c18-12-5-7-13(8-6-12)25(21,22)10-9-19-17(20)16-11-23-14-3-1-2-4-15(14)24-16/h1-8,16H,9-11H2,(H,19,20). The molecule has 0 spiro atoms. The number of hydrogen-bond acceptors (Lipinski definition) is 5. The van der Waals surface area contributed by atoms with Gasteiger partial charge in [0, 0.05) is 6.54 Å². The molecule has 2 aromatic rings. The van der Waals surface area contributed by atoms with Crippen molar-refractivity contribution in [3.8, 4) is 11.5 Å². The number of amides is 1. The van der Waals surface area contributed by atoms with Gasteiger partial charge in [-0.25, -0.2) is 12.8 Å². The minimum atomic E-state index is -3.61. The third kappa shape index (κ3) is 4.08. The number of sulfone groups is 1. The van der Waals surface area contributed by atoms with Gasteiger partial charge in [-0.2, -0.15) is 0 Å². The van der Waals surface area contributed by atoms with Crippen LogP contribution in [-0.2, 0) is 14.6 Å². The molecular formula is C17H16FNO5S. The molecule has 0 aromatic heterocycles. The summed E-state index contributed by atoms with van der Waals surface area (Å²) in [5, 5.41) is 2.52. The predicted octanol–water partition coefficient (Wildman–Crippen LogP) is 1.56. The lowest BCUT2D eigenvalue weighted by Gasteiger charge is -2.25. The summed E-state index contributed by atoms with van der Waals surface area (Å²) in [5.74, 6) is -0.238. The molecule has 1 aliphatic rings. The Balaban J connectivity index is 1.54. The van der Waals surface area contributed by atoms with Gasteiger partial charge in [0.05, 0.1) is 10.6 Å². The van der Waals surface area contributed by atoms with Crippen LogP contribution < -0.4 is 14.8 Å². The lowest BCUT2D eigenvalue weighted by molar-refractivity contribution is -0.130. The topological polar surface area (TPSA) is 81.7 Å². The molecule has 8 heteroatoms. The first-order valence-corrected chi connectivity index (χ1v) is 9.25. The number of ether oxygens (including phenoxy) is 2. The maximum Gasteiger partial charge on any atom is 0.264 e. The molecule has 1 atom stereocenters. The summed E-state index contributed by atoms with van der Waals surface area (Å²) in [5.41, 5.74) is 0. The maximum absolute atomic E-state index is 12.9. The van der Waals surface area contributed by atoms with Gasteiger partial charge in [0.25, 0.3) is 5.91 Å². The first kappa shape index (κ1) is 17.2. The van der Waals surface area contributed by atoms with Gasteiger partial charge in [0.2, 0.25) is 6.10 Å². The van der Waals surface area contributed by atoms with Crippen molar-refractivity contribution in [3.63, 3.8) is 0 Å². The van der Waals surface area contributed by atoms with Gasteiger partial charge < -0.3 is 14.8 Å². The smallest absolute Gasteiger partial charge is 0.264 e. The van der Waals surface area contributed by atoms with Crippen LogP contribution in [0.2, 0.25) is 0 Å². The van der Waals surface area contributed by atoms with Crippen molar-refractivity contribution in [1.82, 2.24) is 5.32 Å². The van der Waals surface area contributed by atoms with Crippen LogP contribution in [0.5, 0.6) is 11.5 Å². The number of para-hydroxylation sites is 2. The Morgan fingerprint density at radius 3 is 2.52 bits per heavy atom. The quantitative estimate of drug-likeness (QED) is 0.813. The number of fused-ring (bicyclic) bond motifs is 1. The molecule has 1 aliphatic heterocycles. The SMILES string of the molecule is O=C(NCCS(=O)(=O)c1ccc(F)cc1)C1COc2ccccc2O1. The highest BCUT2D eigenvalue weighted by molar-refractivity contribution is 7.91. The van der Waals surface area contributed by atoms with Gasteiger partial charge in [-0.15, -0.1) is 0 Å². The fraction of sp³-hybridized carbons (Fsp3) is 0.235.